The summed E-state index contributed by atoms with van der Waals surface area (Å²) in [5.41, 5.74) is -0.518. The van der Waals surface area contributed by atoms with Crippen LogP contribution in [0.25, 0.3) is 0 Å². The van der Waals surface area contributed by atoms with E-state index in [1.54, 1.807) is 0 Å². The molecule has 1 aliphatic heterocycles. The summed E-state index contributed by atoms with van der Waals surface area (Å²) in [6, 6.07) is 3.85. The molecular weight excluding hydrogens is 288 g/mol. The lowest BCUT2D eigenvalue weighted by atomic mass is 9.71. The van der Waals surface area contributed by atoms with Gasteiger partial charge in [0.2, 0.25) is 5.91 Å². The second-order valence-electron chi connectivity index (χ2n) is 7.86. The molecule has 1 amide bonds. The average molecular weight is 318 g/mol. The first kappa shape index (κ1) is 16.6. The van der Waals surface area contributed by atoms with Crippen LogP contribution in [0.5, 0.6) is 0 Å². The van der Waals surface area contributed by atoms with Crippen LogP contribution in [0, 0.1) is 11.8 Å². The minimum absolute atomic E-state index is 0.111. The molecule has 1 aliphatic carbocycles. The number of carbonyl (C=O) groups is 1. The van der Waals surface area contributed by atoms with Crippen molar-refractivity contribution in [1.29, 1.82) is 0 Å². The molecule has 1 saturated heterocycles. The molecule has 3 atom stereocenters. The molecule has 1 aromatic heterocycles. The van der Waals surface area contributed by atoms with Crippen LogP contribution >= 0.6 is 0 Å². The van der Waals surface area contributed by atoms with Gasteiger partial charge in [-0.2, -0.15) is 0 Å². The molecule has 4 nitrogen and oxygen atoms in total. The normalized spacial score (nSPS) is 29.4. The number of aromatic nitrogens is 1. The average Bonchev–Trinajstić information content (AvgIpc) is 3.05. The Labute approximate surface area is 139 Å². The Bertz CT molecular complexity index is 525. The van der Waals surface area contributed by atoms with Gasteiger partial charge >= 0.3 is 0 Å². The van der Waals surface area contributed by atoms with E-state index in [9.17, 15) is 9.90 Å². The molecule has 2 unspecified atom stereocenters. The zero-order valence-electron chi connectivity index (χ0n) is 14.4. The topological polar surface area (TPSA) is 45.5 Å². The Morgan fingerprint density at radius 1 is 1.26 bits per heavy atom. The smallest absolute Gasteiger partial charge is 0.245 e. The third-order valence-electron chi connectivity index (χ3n) is 5.71. The first-order valence-corrected chi connectivity index (χ1v) is 9.13. The fourth-order valence-corrected chi connectivity index (χ4v) is 4.33. The Morgan fingerprint density at radius 2 is 2.00 bits per heavy atom. The summed E-state index contributed by atoms with van der Waals surface area (Å²) in [7, 11) is 0. The Balaban J connectivity index is 1.73. The minimum atomic E-state index is -0.518. The SMILES string of the molecule is CC(C)C[C@H](C(=O)N1CCC2(O)CCCCC2C1)n1cccc1. The summed E-state index contributed by atoms with van der Waals surface area (Å²) >= 11 is 0. The Kier molecular flexibility index (Phi) is 4.81. The number of carbonyl (C=O) groups excluding carboxylic acids is 1. The van der Waals surface area contributed by atoms with Crippen LogP contribution in [0.4, 0.5) is 0 Å². The van der Waals surface area contributed by atoms with Crippen molar-refractivity contribution in [2.24, 2.45) is 11.8 Å². The molecule has 23 heavy (non-hydrogen) atoms. The zero-order chi connectivity index (χ0) is 16.4. The van der Waals surface area contributed by atoms with Crippen molar-refractivity contribution in [3.8, 4) is 0 Å². The van der Waals surface area contributed by atoms with Gasteiger partial charge in [0.25, 0.3) is 0 Å². The van der Waals surface area contributed by atoms with Gasteiger partial charge in [0, 0.05) is 31.4 Å². The molecule has 1 saturated carbocycles. The molecule has 0 bridgehead atoms. The molecule has 0 aromatic carbocycles. The number of hydrogen-bond donors (Lipinski definition) is 1. The second-order valence-corrected chi connectivity index (χ2v) is 7.86. The number of piperidine rings is 1. The summed E-state index contributed by atoms with van der Waals surface area (Å²) in [6.45, 7) is 5.76. The van der Waals surface area contributed by atoms with Crippen molar-refractivity contribution in [1.82, 2.24) is 9.47 Å². The van der Waals surface area contributed by atoms with Crippen molar-refractivity contribution in [3.63, 3.8) is 0 Å². The predicted octanol–water partition coefficient (Wildman–Crippen LogP) is 3.23. The maximum Gasteiger partial charge on any atom is 0.245 e. The predicted molar refractivity (Wildman–Crippen MR) is 91.0 cm³/mol. The number of aliphatic hydroxyl groups is 1. The molecule has 128 valence electrons. The number of amides is 1. The quantitative estimate of drug-likeness (QED) is 0.926. The molecular formula is C19H30N2O2. The maximum atomic E-state index is 13.1. The van der Waals surface area contributed by atoms with Crippen LogP contribution in [0.1, 0.15) is 58.4 Å². The summed E-state index contributed by atoms with van der Waals surface area (Å²) in [4.78, 5) is 15.1. The summed E-state index contributed by atoms with van der Waals surface area (Å²) in [5.74, 6) is 0.962. The highest BCUT2D eigenvalue weighted by Gasteiger charge is 2.44. The van der Waals surface area contributed by atoms with Crippen molar-refractivity contribution in [2.45, 2.75) is 64.0 Å². The lowest BCUT2D eigenvalue weighted by Crippen LogP contribution is -2.55. The fraction of sp³-hybridized carbons (Fsp3) is 0.737. The molecule has 1 aromatic rings. The Hall–Kier alpha value is -1.29. The third-order valence-corrected chi connectivity index (χ3v) is 5.71. The van der Waals surface area contributed by atoms with E-state index in [4.69, 9.17) is 0 Å². The molecule has 0 radical (unpaired) electrons. The standard InChI is InChI=1S/C19H30N2O2/c1-15(2)13-17(20-10-5-6-11-20)18(22)21-12-9-19(23)8-4-3-7-16(19)14-21/h5-6,10-11,15-17,23H,3-4,7-9,12-14H2,1-2H3/t16?,17-,19?/m1/s1. The largest absolute Gasteiger partial charge is 0.389 e. The van der Waals surface area contributed by atoms with Gasteiger partial charge in [0.1, 0.15) is 6.04 Å². The van der Waals surface area contributed by atoms with Gasteiger partial charge in [-0.05, 0) is 43.7 Å². The highest BCUT2D eigenvalue weighted by Crippen LogP contribution is 2.40. The van der Waals surface area contributed by atoms with Crippen LogP contribution in [-0.2, 0) is 4.79 Å². The first-order valence-electron chi connectivity index (χ1n) is 9.13. The van der Waals surface area contributed by atoms with E-state index >= 15 is 0 Å². The highest BCUT2D eigenvalue weighted by molar-refractivity contribution is 5.80. The number of fused-ring (bicyclic) bond motifs is 1. The second kappa shape index (κ2) is 6.68. The van der Waals surface area contributed by atoms with Crippen molar-refractivity contribution < 1.29 is 9.90 Å². The van der Waals surface area contributed by atoms with Gasteiger partial charge in [-0.25, -0.2) is 0 Å². The minimum Gasteiger partial charge on any atom is -0.389 e. The first-order chi connectivity index (χ1) is 11.0. The zero-order valence-corrected chi connectivity index (χ0v) is 14.4. The molecule has 2 heterocycles. The third kappa shape index (κ3) is 3.47. The summed E-state index contributed by atoms with van der Waals surface area (Å²) in [5, 5.41) is 10.8. The monoisotopic (exact) mass is 318 g/mol. The summed E-state index contributed by atoms with van der Waals surface area (Å²) < 4.78 is 2.05. The lowest BCUT2D eigenvalue weighted by molar-refractivity contribution is -0.147. The van der Waals surface area contributed by atoms with Crippen molar-refractivity contribution in [3.05, 3.63) is 24.5 Å². The van der Waals surface area contributed by atoms with Crippen LogP contribution in [-0.4, -0.2) is 39.2 Å². The highest BCUT2D eigenvalue weighted by atomic mass is 16.3. The van der Waals surface area contributed by atoms with Gasteiger partial charge in [0.05, 0.1) is 5.60 Å². The van der Waals surface area contributed by atoms with E-state index in [0.717, 1.165) is 38.6 Å². The summed E-state index contributed by atoms with van der Waals surface area (Å²) in [6.07, 6.45) is 9.85. The van der Waals surface area contributed by atoms with Crippen LogP contribution in [0.2, 0.25) is 0 Å². The van der Waals surface area contributed by atoms with Crippen LogP contribution in [0.3, 0.4) is 0 Å². The van der Waals surface area contributed by atoms with Crippen LogP contribution < -0.4 is 0 Å². The van der Waals surface area contributed by atoms with Crippen molar-refractivity contribution >= 4 is 5.91 Å². The van der Waals surface area contributed by atoms with Gasteiger partial charge in [-0.1, -0.05) is 26.7 Å². The number of hydrogen-bond acceptors (Lipinski definition) is 2. The maximum absolute atomic E-state index is 13.1. The molecule has 0 spiro atoms. The van der Waals surface area contributed by atoms with Gasteiger partial charge < -0.3 is 14.6 Å². The van der Waals surface area contributed by atoms with E-state index in [-0.39, 0.29) is 17.9 Å². The van der Waals surface area contributed by atoms with E-state index < -0.39 is 5.60 Å². The number of nitrogens with zero attached hydrogens (tertiary/aromatic N) is 2. The molecule has 2 aliphatic rings. The van der Waals surface area contributed by atoms with Gasteiger partial charge in [-0.15, -0.1) is 0 Å². The van der Waals surface area contributed by atoms with E-state index in [1.165, 1.54) is 6.42 Å². The molecule has 1 N–H and O–H groups in total. The molecule has 4 heteroatoms. The van der Waals surface area contributed by atoms with Crippen LogP contribution in [0.15, 0.2) is 24.5 Å². The van der Waals surface area contributed by atoms with Crippen molar-refractivity contribution in [2.75, 3.05) is 13.1 Å². The molecule has 2 fully saturated rings. The molecule has 3 rings (SSSR count). The van der Waals surface area contributed by atoms with Gasteiger partial charge in [-0.3, -0.25) is 4.79 Å². The van der Waals surface area contributed by atoms with E-state index in [1.807, 2.05) is 34.0 Å². The van der Waals surface area contributed by atoms with E-state index in [2.05, 4.69) is 13.8 Å². The number of likely N-dealkylation sites (tertiary alicyclic amines) is 1. The fourth-order valence-electron chi connectivity index (χ4n) is 4.33. The lowest BCUT2D eigenvalue weighted by Gasteiger charge is -2.48. The van der Waals surface area contributed by atoms with E-state index in [0.29, 0.717) is 12.5 Å². The number of rotatable bonds is 4. The Morgan fingerprint density at radius 3 is 2.70 bits per heavy atom. The van der Waals surface area contributed by atoms with Gasteiger partial charge in [0.15, 0.2) is 0 Å².